The van der Waals surface area contributed by atoms with Crippen molar-refractivity contribution in [2.45, 2.75) is 16.7 Å². The summed E-state index contributed by atoms with van der Waals surface area (Å²) in [6, 6.07) is 21.8. The van der Waals surface area contributed by atoms with Crippen LogP contribution in [0.15, 0.2) is 95.0 Å². The first-order valence-electron chi connectivity index (χ1n) is 11.0. The van der Waals surface area contributed by atoms with Crippen molar-refractivity contribution in [3.05, 3.63) is 102 Å². The third-order valence-corrected chi connectivity index (χ3v) is 6.40. The Hall–Kier alpha value is -4.50. The molecule has 0 aliphatic heterocycles. The molecular weight excluding hydrogens is 477 g/mol. The summed E-state index contributed by atoms with van der Waals surface area (Å²) in [7, 11) is 0. The third kappa shape index (κ3) is 5.11. The van der Waals surface area contributed by atoms with E-state index in [9.17, 15) is 14.3 Å². The molecule has 9 heteroatoms. The average molecular weight is 498 g/mol. The Morgan fingerprint density at radius 2 is 1.75 bits per heavy atom. The van der Waals surface area contributed by atoms with E-state index in [0.29, 0.717) is 22.7 Å². The van der Waals surface area contributed by atoms with Crippen molar-refractivity contribution in [3.8, 4) is 5.75 Å². The number of aromatic nitrogens is 3. The molecule has 0 aliphatic rings. The monoisotopic (exact) mass is 497 g/mol. The van der Waals surface area contributed by atoms with Gasteiger partial charge in [0.1, 0.15) is 23.7 Å². The molecule has 2 heterocycles. The van der Waals surface area contributed by atoms with Gasteiger partial charge in [-0.15, -0.1) is 0 Å². The van der Waals surface area contributed by atoms with Crippen molar-refractivity contribution in [1.29, 1.82) is 0 Å². The number of nitrogens with zero attached hydrogens (tertiary/aromatic N) is 3. The Morgan fingerprint density at radius 3 is 2.56 bits per heavy atom. The van der Waals surface area contributed by atoms with Crippen LogP contribution in [-0.2, 0) is 0 Å². The van der Waals surface area contributed by atoms with E-state index >= 15 is 0 Å². The Kier molecular flexibility index (Phi) is 6.46. The normalized spacial score (nSPS) is 10.8. The molecule has 0 fully saturated rings. The van der Waals surface area contributed by atoms with Crippen LogP contribution in [-0.4, -0.2) is 26.0 Å². The summed E-state index contributed by atoms with van der Waals surface area (Å²) >= 11 is 1.45. The number of halogens is 1. The molecule has 5 rings (SSSR count). The maximum atomic E-state index is 14.1. The molecule has 3 N–H and O–H groups in total. The molecule has 0 atom stereocenters. The number of carbonyl (C=O) groups is 1. The third-order valence-electron chi connectivity index (χ3n) is 5.32. The molecule has 36 heavy (non-hydrogen) atoms. The fourth-order valence-electron chi connectivity index (χ4n) is 3.52. The summed E-state index contributed by atoms with van der Waals surface area (Å²) in [5.74, 6) is -0.257. The number of pyridine rings is 1. The Morgan fingerprint density at radius 1 is 0.944 bits per heavy atom. The Labute approximate surface area is 210 Å². The predicted molar refractivity (Wildman–Crippen MR) is 138 cm³/mol. The molecule has 1 amide bonds. The van der Waals surface area contributed by atoms with Gasteiger partial charge >= 0.3 is 0 Å². The van der Waals surface area contributed by atoms with Gasteiger partial charge in [-0.3, -0.25) is 4.79 Å². The van der Waals surface area contributed by atoms with Crippen molar-refractivity contribution >= 4 is 45.9 Å². The standard InChI is InChI=1S/C27H20FN5O2S/c1-16-6-12-20-25(31-16)29-15-30-26(20)32-23-14-17(27(35)33-22-5-3-2-4-21(22)28)7-13-24(23)36-19-10-8-18(34)9-11-19/h2-15,34H,1H3,(H,33,35)(H,29,30,31,32). The number of aromatic hydroxyl groups is 1. The van der Waals surface area contributed by atoms with Crippen LogP contribution in [0, 0.1) is 12.7 Å². The number of para-hydroxylation sites is 1. The number of fused-ring (bicyclic) bond motifs is 1. The maximum Gasteiger partial charge on any atom is 0.255 e. The molecule has 0 saturated heterocycles. The molecule has 0 saturated carbocycles. The topological polar surface area (TPSA) is 100 Å². The second-order valence-electron chi connectivity index (χ2n) is 7.91. The Bertz CT molecular complexity index is 1580. The number of benzene rings is 3. The second kappa shape index (κ2) is 10.0. The number of anilines is 3. The van der Waals surface area contributed by atoms with Gasteiger partial charge in [0.2, 0.25) is 0 Å². The summed E-state index contributed by atoms with van der Waals surface area (Å²) in [5.41, 5.74) is 2.44. The van der Waals surface area contributed by atoms with Crippen LogP contribution in [0.2, 0.25) is 0 Å². The summed E-state index contributed by atoms with van der Waals surface area (Å²) in [5, 5.41) is 16.3. The summed E-state index contributed by atoms with van der Waals surface area (Å²) in [6.07, 6.45) is 1.43. The SMILES string of the molecule is Cc1ccc2c(Nc3cc(C(=O)Nc4ccccc4F)ccc3Sc3ccc(O)cc3)ncnc2n1. The van der Waals surface area contributed by atoms with E-state index in [1.54, 1.807) is 48.5 Å². The zero-order valence-corrected chi connectivity index (χ0v) is 19.9. The van der Waals surface area contributed by atoms with Gasteiger partial charge in [0.05, 0.1) is 16.8 Å². The lowest BCUT2D eigenvalue weighted by Gasteiger charge is -2.15. The van der Waals surface area contributed by atoms with Gasteiger partial charge in [-0.1, -0.05) is 23.9 Å². The first-order valence-corrected chi connectivity index (χ1v) is 11.8. The molecule has 5 aromatic rings. The zero-order chi connectivity index (χ0) is 25.1. The highest BCUT2D eigenvalue weighted by atomic mass is 32.2. The largest absolute Gasteiger partial charge is 0.508 e. The molecular formula is C27H20FN5O2S. The number of rotatable bonds is 6. The van der Waals surface area contributed by atoms with Gasteiger partial charge in [-0.05, 0) is 73.7 Å². The molecule has 0 radical (unpaired) electrons. The minimum atomic E-state index is -0.515. The van der Waals surface area contributed by atoms with Crippen LogP contribution in [0.3, 0.4) is 0 Å². The van der Waals surface area contributed by atoms with E-state index in [-0.39, 0.29) is 11.4 Å². The van der Waals surface area contributed by atoms with Crippen molar-refractivity contribution in [1.82, 2.24) is 15.0 Å². The second-order valence-corrected chi connectivity index (χ2v) is 9.03. The molecule has 0 bridgehead atoms. The molecule has 7 nitrogen and oxygen atoms in total. The first-order chi connectivity index (χ1) is 17.5. The van der Waals surface area contributed by atoms with E-state index in [2.05, 4.69) is 25.6 Å². The van der Waals surface area contributed by atoms with Crippen molar-refractivity contribution < 1.29 is 14.3 Å². The number of nitrogens with one attached hydrogen (secondary N) is 2. The van der Waals surface area contributed by atoms with Gasteiger partial charge in [-0.25, -0.2) is 19.3 Å². The van der Waals surface area contributed by atoms with Crippen LogP contribution in [0.25, 0.3) is 11.0 Å². The van der Waals surface area contributed by atoms with Crippen LogP contribution >= 0.6 is 11.8 Å². The number of hydrogen-bond acceptors (Lipinski definition) is 7. The highest BCUT2D eigenvalue weighted by Crippen LogP contribution is 2.37. The van der Waals surface area contributed by atoms with Gasteiger partial charge in [0.15, 0.2) is 5.65 Å². The summed E-state index contributed by atoms with van der Waals surface area (Å²) in [6.45, 7) is 1.89. The number of hydrogen-bond donors (Lipinski definition) is 3. The molecule has 0 aliphatic carbocycles. The quantitative estimate of drug-likeness (QED) is 0.252. The molecule has 0 unspecified atom stereocenters. The van der Waals surface area contributed by atoms with E-state index in [0.717, 1.165) is 20.9 Å². The zero-order valence-electron chi connectivity index (χ0n) is 19.1. The van der Waals surface area contributed by atoms with Gasteiger partial charge in [0, 0.05) is 21.0 Å². The van der Waals surface area contributed by atoms with Crippen LogP contribution in [0.5, 0.6) is 5.75 Å². The number of phenols is 1. The van der Waals surface area contributed by atoms with E-state index < -0.39 is 11.7 Å². The minimum Gasteiger partial charge on any atom is -0.508 e. The number of amides is 1. The van der Waals surface area contributed by atoms with Crippen LogP contribution in [0.4, 0.5) is 21.6 Å². The fraction of sp³-hybridized carbons (Fsp3) is 0.0370. The van der Waals surface area contributed by atoms with Crippen molar-refractivity contribution in [2.24, 2.45) is 0 Å². The lowest BCUT2D eigenvalue weighted by atomic mass is 10.1. The van der Waals surface area contributed by atoms with Gasteiger partial charge in [-0.2, -0.15) is 0 Å². The van der Waals surface area contributed by atoms with Crippen LogP contribution < -0.4 is 10.6 Å². The van der Waals surface area contributed by atoms with Crippen molar-refractivity contribution in [3.63, 3.8) is 0 Å². The van der Waals surface area contributed by atoms with E-state index in [1.807, 2.05) is 25.1 Å². The first kappa shape index (κ1) is 23.3. The molecule has 2 aromatic heterocycles. The number of phenolic OH excluding ortho intramolecular Hbond substituents is 1. The van der Waals surface area contributed by atoms with Gasteiger partial charge < -0.3 is 15.7 Å². The number of aryl methyl sites for hydroxylation is 1. The highest BCUT2D eigenvalue weighted by molar-refractivity contribution is 7.99. The minimum absolute atomic E-state index is 0.0998. The van der Waals surface area contributed by atoms with Gasteiger partial charge in [0.25, 0.3) is 5.91 Å². The lowest BCUT2D eigenvalue weighted by molar-refractivity contribution is 0.102. The predicted octanol–water partition coefficient (Wildman–Crippen LogP) is 6.33. The molecule has 178 valence electrons. The highest BCUT2D eigenvalue weighted by Gasteiger charge is 2.15. The number of carbonyl (C=O) groups excluding carboxylic acids is 1. The van der Waals surface area contributed by atoms with Crippen molar-refractivity contribution in [2.75, 3.05) is 10.6 Å². The summed E-state index contributed by atoms with van der Waals surface area (Å²) < 4.78 is 14.1. The Balaban J connectivity index is 1.52. The molecule has 0 spiro atoms. The van der Waals surface area contributed by atoms with Crippen LogP contribution in [0.1, 0.15) is 16.1 Å². The molecule has 3 aromatic carbocycles. The van der Waals surface area contributed by atoms with E-state index in [4.69, 9.17) is 0 Å². The maximum absolute atomic E-state index is 14.1. The van der Waals surface area contributed by atoms with E-state index in [1.165, 1.54) is 30.2 Å². The lowest BCUT2D eigenvalue weighted by Crippen LogP contribution is -2.13. The smallest absolute Gasteiger partial charge is 0.255 e. The average Bonchev–Trinajstić information content (AvgIpc) is 2.87. The fourth-order valence-corrected chi connectivity index (χ4v) is 4.40. The summed E-state index contributed by atoms with van der Waals surface area (Å²) in [4.78, 5) is 27.8.